The van der Waals surface area contributed by atoms with Gasteiger partial charge in [0.2, 0.25) is 0 Å². The lowest BCUT2D eigenvalue weighted by Gasteiger charge is -2.09. The van der Waals surface area contributed by atoms with E-state index in [1.165, 1.54) is 13.2 Å². The average molecular weight is 313 g/mol. The molecule has 120 valence electrons. The number of pyridine rings is 1. The zero-order chi connectivity index (χ0) is 17.0. The number of ketones is 1. The van der Waals surface area contributed by atoms with Crippen LogP contribution in [0.5, 0.6) is 11.5 Å². The molecule has 0 aliphatic carbocycles. The lowest BCUT2D eigenvalue weighted by molar-refractivity contribution is 0.104. The molecule has 0 amide bonds. The van der Waals surface area contributed by atoms with Gasteiger partial charge in [-0.25, -0.2) is 0 Å². The van der Waals surface area contributed by atoms with Crippen molar-refractivity contribution in [1.29, 1.82) is 0 Å². The topological polar surface area (TPSA) is 68.4 Å². The summed E-state index contributed by atoms with van der Waals surface area (Å²) < 4.78 is 10.5. The molecule has 1 aromatic carbocycles. The van der Waals surface area contributed by atoms with Crippen molar-refractivity contribution < 1.29 is 14.3 Å². The summed E-state index contributed by atoms with van der Waals surface area (Å²) in [5.41, 5.74) is 1.84. The number of carbonyl (C=O) groups excluding carboxylic acids is 1. The molecule has 23 heavy (non-hydrogen) atoms. The van der Waals surface area contributed by atoms with Crippen molar-refractivity contribution >= 4 is 11.9 Å². The molecule has 0 saturated heterocycles. The summed E-state index contributed by atoms with van der Waals surface area (Å²) in [5.74, 6) is 0.758. The first-order valence-electron chi connectivity index (χ1n) is 7.12. The first kappa shape index (κ1) is 16.5. The van der Waals surface area contributed by atoms with E-state index in [1.54, 1.807) is 51.3 Å². The van der Waals surface area contributed by atoms with E-state index in [4.69, 9.17) is 9.47 Å². The van der Waals surface area contributed by atoms with Gasteiger partial charge in [0.1, 0.15) is 0 Å². The Bertz CT molecular complexity index is 818. The molecule has 5 nitrogen and oxygen atoms in total. The third kappa shape index (κ3) is 3.51. The second-order valence-electron chi connectivity index (χ2n) is 5.12. The number of H-pyrrole nitrogens is 1. The number of allylic oxidation sites excluding steroid dienone is 1. The number of hydrogen-bond acceptors (Lipinski definition) is 4. The highest BCUT2D eigenvalue weighted by molar-refractivity contribution is 6.07. The van der Waals surface area contributed by atoms with Crippen molar-refractivity contribution in [3.63, 3.8) is 0 Å². The lowest BCUT2D eigenvalue weighted by Crippen LogP contribution is -2.19. The second kappa shape index (κ2) is 6.96. The van der Waals surface area contributed by atoms with E-state index in [1.807, 2.05) is 0 Å². The van der Waals surface area contributed by atoms with Gasteiger partial charge >= 0.3 is 0 Å². The molecule has 0 bridgehead atoms. The van der Waals surface area contributed by atoms with Crippen LogP contribution < -0.4 is 15.0 Å². The van der Waals surface area contributed by atoms with Gasteiger partial charge in [-0.2, -0.15) is 0 Å². The Balaban J connectivity index is 2.38. The molecule has 0 radical (unpaired) electrons. The third-order valence-corrected chi connectivity index (χ3v) is 3.46. The zero-order valence-corrected chi connectivity index (χ0v) is 13.6. The molecule has 0 saturated carbocycles. The van der Waals surface area contributed by atoms with Gasteiger partial charge in [-0.3, -0.25) is 9.59 Å². The van der Waals surface area contributed by atoms with Crippen LogP contribution in [0.1, 0.15) is 27.2 Å². The van der Waals surface area contributed by atoms with E-state index in [9.17, 15) is 9.59 Å². The fourth-order valence-corrected chi connectivity index (χ4v) is 2.45. The minimum absolute atomic E-state index is 0.147. The normalized spacial score (nSPS) is 10.8. The van der Waals surface area contributed by atoms with Crippen LogP contribution >= 0.6 is 0 Å². The van der Waals surface area contributed by atoms with Crippen LogP contribution in [-0.2, 0) is 0 Å². The van der Waals surface area contributed by atoms with Gasteiger partial charge in [-0.15, -0.1) is 0 Å². The molecule has 0 atom stereocenters. The number of carbonyl (C=O) groups is 1. The number of nitrogens with one attached hydrogen (secondary N) is 1. The molecule has 1 aromatic heterocycles. The molecule has 0 spiro atoms. The Labute approximate surface area is 134 Å². The molecular weight excluding hydrogens is 294 g/mol. The number of hydrogen-bond donors (Lipinski definition) is 1. The summed E-state index contributed by atoms with van der Waals surface area (Å²) in [6.07, 6.45) is 2.98. The van der Waals surface area contributed by atoms with Crippen molar-refractivity contribution in [2.24, 2.45) is 0 Å². The minimum Gasteiger partial charge on any atom is -0.493 e. The first-order valence-corrected chi connectivity index (χ1v) is 7.12. The number of aromatic nitrogens is 1. The molecule has 0 fully saturated rings. The summed E-state index contributed by atoms with van der Waals surface area (Å²) in [6, 6.07) is 7.15. The second-order valence-corrected chi connectivity index (χ2v) is 5.12. The van der Waals surface area contributed by atoms with Gasteiger partial charge in [-0.1, -0.05) is 12.1 Å². The molecule has 1 heterocycles. The predicted molar refractivity (Wildman–Crippen MR) is 89.4 cm³/mol. The van der Waals surface area contributed by atoms with Gasteiger partial charge in [0.15, 0.2) is 17.3 Å². The Morgan fingerprint density at radius 2 is 1.91 bits per heavy atom. The van der Waals surface area contributed by atoms with Crippen molar-refractivity contribution in [2.75, 3.05) is 14.2 Å². The Morgan fingerprint density at radius 1 is 1.17 bits per heavy atom. The molecule has 0 aliphatic heterocycles. The maximum Gasteiger partial charge on any atom is 0.259 e. The number of para-hydroxylation sites is 1. The van der Waals surface area contributed by atoms with Crippen LogP contribution in [0.25, 0.3) is 6.08 Å². The van der Waals surface area contributed by atoms with E-state index in [0.29, 0.717) is 22.6 Å². The molecule has 2 aromatic rings. The van der Waals surface area contributed by atoms with E-state index in [-0.39, 0.29) is 16.9 Å². The highest BCUT2D eigenvalue weighted by Crippen LogP contribution is 2.31. The van der Waals surface area contributed by atoms with Gasteiger partial charge in [0.25, 0.3) is 5.56 Å². The van der Waals surface area contributed by atoms with Crippen LogP contribution in [0.15, 0.2) is 35.1 Å². The molecule has 2 rings (SSSR count). The summed E-state index contributed by atoms with van der Waals surface area (Å²) >= 11 is 0. The summed E-state index contributed by atoms with van der Waals surface area (Å²) in [7, 11) is 3.08. The monoisotopic (exact) mass is 313 g/mol. The van der Waals surface area contributed by atoms with Crippen LogP contribution in [0.3, 0.4) is 0 Å². The fourth-order valence-electron chi connectivity index (χ4n) is 2.45. The predicted octanol–water partition coefficient (Wildman–Crippen LogP) is 2.91. The number of aromatic amines is 1. The van der Waals surface area contributed by atoms with Crippen LogP contribution in [-0.4, -0.2) is 25.0 Å². The Morgan fingerprint density at radius 3 is 2.52 bits per heavy atom. The zero-order valence-electron chi connectivity index (χ0n) is 13.6. The Kier molecular flexibility index (Phi) is 5.01. The number of aryl methyl sites for hydroxylation is 2. The number of ether oxygens (including phenoxy) is 2. The number of methoxy groups -OCH3 is 2. The number of rotatable bonds is 5. The summed E-state index contributed by atoms with van der Waals surface area (Å²) in [4.78, 5) is 27.0. The maximum atomic E-state index is 12.3. The van der Waals surface area contributed by atoms with Gasteiger partial charge < -0.3 is 14.5 Å². The summed E-state index contributed by atoms with van der Waals surface area (Å²) in [6.45, 7) is 3.52. The quantitative estimate of drug-likeness (QED) is 0.681. The van der Waals surface area contributed by atoms with E-state index in [2.05, 4.69) is 4.98 Å². The van der Waals surface area contributed by atoms with Crippen LogP contribution in [0, 0.1) is 13.8 Å². The standard InChI is InChI=1S/C18H19NO4/c1-11-10-12(2)19-18(21)16(11)14(20)9-8-13-6-5-7-15(22-3)17(13)23-4/h5-10H,1-4H3,(H,19,21)/b9-8+. The van der Waals surface area contributed by atoms with E-state index >= 15 is 0 Å². The fraction of sp³-hybridized carbons (Fsp3) is 0.222. The van der Waals surface area contributed by atoms with Crippen LogP contribution in [0.2, 0.25) is 0 Å². The van der Waals surface area contributed by atoms with E-state index in [0.717, 1.165) is 5.69 Å². The minimum atomic E-state index is -0.380. The van der Waals surface area contributed by atoms with Crippen molar-refractivity contribution in [3.05, 3.63) is 63.1 Å². The highest BCUT2D eigenvalue weighted by atomic mass is 16.5. The summed E-state index contributed by atoms with van der Waals surface area (Å²) in [5, 5.41) is 0. The van der Waals surface area contributed by atoms with Crippen molar-refractivity contribution in [1.82, 2.24) is 4.98 Å². The van der Waals surface area contributed by atoms with Crippen LogP contribution in [0.4, 0.5) is 0 Å². The SMILES string of the molecule is COc1cccc(/C=C/C(=O)c2c(C)cc(C)[nH]c2=O)c1OC. The molecule has 0 unspecified atom stereocenters. The maximum absolute atomic E-state index is 12.3. The van der Waals surface area contributed by atoms with Gasteiger partial charge in [0, 0.05) is 11.3 Å². The van der Waals surface area contributed by atoms with Crippen molar-refractivity contribution in [2.45, 2.75) is 13.8 Å². The molecule has 0 aliphatic rings. The Hall–Kier alpha value is -2.82. The third-order valence-electron chi connectivity index (χ3n) is 3.46. The molecule has 5 heteroatoms. The van der Waals surface area contributed by atoms with Gasteiger partial charge in [-0.05, 0) is 43.7 Å². The smallest absolute Gasteiger partial charge is 0.259 e. The largest absolute Gasteiger partial charge is 0.493 e. The molecular formula is C18H19NO4. The number of benzene rings is 1. The lowest BCUT2D eigenvalue weighted by atomic mass is 10.0. The molecule has 1 N–H and O–H groups in total. The highest BCUT2D eigenvalue weighted by Gasteiger charge is 2.12. The average Bonchev–Trinajstić information content (AvgIpc) is 2.51. The van der Waals surface area contributed by atoms with Gasteiger partial charge in [0.05, 0.1) is 19.8 Å². The van der Waals surface area contributed by atoms with E-state index < -0.39 is 0 Å². The van der Waals surface area contributed by atoms with Crippen molar-refractivity contribution in [3.8, 4) is 11.5 Å². The first-order chi connectivity index (χ1) is 11.0.